The van der Waals surface area contributed by atoms with Crippen LogP contribution in [0.3, 0.4) is 0 Å². The molecular weight excluding hydrogens is 468 g/mol. The number of rotatable bonds is 5. The van der Waals surface area contributed by atoms with E-state index in [9.17, 15) is 14.7 Å². The second-order valence-electron chi connectivity index (χ2n) is 12.9. The SMILES string of the molecule is CNC(=O)C1CCC(CNC(=O)O/N=C(\C)[C@H]2CC[C@H]3[C@@H]4CC=C5C[C@@H](O)CC[C@]5(C)[C@H]4CC[C@]23C)N1. The summed E-state index contributed by atoms with van der Waals surface area (Å²) in [6.45, 7) is 7.35. The van der Waals surface area contributed by atoms with E-state index < -0.39 is 6.09 Å². The number of hydrogen-bond donors (Lipinski definition) is 4. The van der Waals surface area contributed by atoms with Crippen molar-refractivity contribution in [2.24, 2.45) is 39.7 Å². The highest BCUT2D eigenvalue weighted by Crippen LogP contribution is 2.66. The lowest BCUT2D eigenvalue weighted by atomic mass is 9.47. The molecule has 3 saturated carbocycles. The maximum atomic E-state index is 12.4. The molecule has 1 saturated heterocycles. The molecule has 8 nitrogen and oxygen atoms in total. The van der Waals surface area contributed by atoms with Crippen molar-refractivity contribution in [1.29, 1.82) is 0 Å². The van der Waals surface area contributed by atoms with Crippen molar-refractivity contribution in [2.75, 3.05) is 13.6 Å². The zero-order chi connectivity index (χ0) is 26.4. The van der Waals surface area contributed by atoms with Crippen LogP contribution >= 0.6 is 0 Å². The Morgan fingerprint density at radius 2 is 1.95 bits per heavy atom. The van der Waals surface area contributed by atoms with E-state index >= 15 is 0 Å². The van der Waals surface area contributed by atoms with Gasteiger partial charge in [-0.2, -0.15) is 0 Å². The van der Waals surface area contributed by atoms with Crippen molar-refractivity contribution in [3.05, 3.63) is 11.6 Å². The van der Waals surface area contributed by atoms with E-state index in [1.807, 2.05) is 6.92 Å². The van der Waals surface area contributed by atoms with E-state index in [0.717, 1.165) is 50.7 Å². The first-order valence-corrected chi connectivity index (χ1v) is 14.5. The number of nitrogens with one attached hydrogen (secondary N) is 3. The smallest absolute Gasteiger partial charge is 0.393 e. The van der Waals surface area contributed by atoms with Gasteiger partial charge in [0.25, 0.3) is 0 Å². The lowest BCUT2D eigenvalue weighted by Gasteiger charge is -2.58. The molecule has 2 amide bonds. The average Bonchev–Trinajstić information content (AvgIpc) is 3.50. The summed E-state index contributed by atoms with van der Waals surface area (Å²) in [5.74, 6) is 2.39. The Morgan fingerprint density at radius 3 is 2.73 bits per heavy atom. The molecule has 0 aromatic carbocycles. The van der Waals surface area contributed by atoms with Gasteiger partial charge < -0.3 is 21.1 Å². The van der Waals surface area contributed by atoms with Gasteiger partial charge >= 0.3 is 6.09 Å². The molecule has 5 rings (SSSR count). The molecule has 0 spiro atoms. The standard InChI is InChI=1S/C29H46N4O4/c1-17(33-37-27(36)31-16-19-6-10-25(32-19)26(35)30-4)22-8-9-23-21-7-5-18-15-20(34)11-13-28(18,2)24(21)12-14-29(22,23)3/h5,19-25,32,34H,6-16H2,1-4H3,(H,30,35)(H,31,36)/b33-17+/t19?,20-,21-,22+,23-,24-,25?,28-,29+/m0/s1. The quantitative estimate of drug-likeness (QED) is 0.192. The van der Waals surface area contributed by atoms with Crippen molar-refractivity contribution in [2.45, 2.75) is 103 Å². The number of aliphatic hydroxyl groups excluding tert-OH is 1. The molecule has 206 valence electrons. The lowest BCUT2D eigenvalue weighted by Crippen LogP contribution is -2.50. The Hall–Kier alpha value is -1.93. The van der Waals surface area contributed by atoms with Crippen LogP contribution in [0.4, 0.5) is 4.79 Å². The Bertz CT molecular complexity index is 966. The van der Waals surface area contributed by atoms with E-state index in [1.165, 1.54) is 24.8 Å². The number of allylic oxidation sites excluding steroid dienone is 1. The minimum absolute atomic E-state index is 0.0148. The van der Waals surface area contributed by atoms with Crippen LogP contribution in [-0.2, 0) is 9.63 Å². The monoisotopic (exact) mass is 514 g/mol. The Morgan fingerprint density at radius 1 is 1.14 bits per heavy atom. The van der Waals surface area contributed by atoms with E-state index in [1.54, 1.807) is 7.05 Å². The minimum atomic E-state index is -0.537. The maximum Gasteiger partial charge on any atom is 0.433 e. The molecular formula is C29H46N4O4. The summed E-state index contributed by atoms with van der Waals surface area (Å²) >= 11 is 0. The summed E-state index contributed by atoms with van der Waals surface area (Å²) < 4.78 is 0. The van der Waals surface area contributed by atoms with Gasteiger partial charge in [-0.3, -0.25) is 9.63 Å². The average molecular weight is 515 g/mol. The molecule has 9 atom stereocenters. The molecule has 0 bridgehead atoms. The fourth-order valence-electron chi connectivity index (χ4n) is 9.10. The van der Waals surface area contributed by atoms with Gasteiger partial charge in [0, 0.05) is 25.6 Å². The van der Waals surface area contributed by atoms with Crippen LogP contribution in [-0.4, -0.2) is 54.6 Å². The van der Waals surface area contributed by atoms with Crippen molar-refractivity contribution in [1.82, 2.24) is 16.0 Å². The van der Waals surface area contributed by atoms with Crippen LogP contribution in [0.2, 0.25) is 0 Å². The fraction of sp³-hybridized carbons (Fsp3) is 0.828. The van der Waals surface area contributed by atoms with Gasteiger partial charge in [0.15, 0.2) is 0 Å². The Labute approximate surface area is 221 Å². The third-order valence-corrected chi connectivity index (χ3v) is 11.2. The Balaban J connectivity index is 1.17. The van der Waals surface area contributed by atoms with E-state index in [0.29, 0.717) is 30.2 Å². The number of aliphatic hydroxyl groups is 1. The summed E-state index contributed by atoms with van der Waals surface area (Å²) in [4.78, 5) is 29.4. The maximum absolute atomic E-state index is 12.4. The third-order valence-electron chi connectivity index (χ3n) is 11.2. The molecule has 1 heterocycles. The van der Waals surface area contributed by atoms with Crippen LogP contribution in [0.1, 0.15) is 85.0 Å². The van der Waals surface area contributed by atoms with Crippen LogP contribution in [0, 0.1) is 34.5 Å². The first-order valence-electron chi connectivity index (χ1n) is 14.5. The van der Waals surface area contributed by atoms with Crippen molar-refractivity contribution in [3.8, 4) is 0 Å². The van der Waals surface area contributed by atoms with Crippen molar-refractivity contribution in [3.63, 3.8) is 0 Å². The number of nitrogens with zero attached hydrogens (tertiary/aromatic N) is 1. The molecule has 8 heteroatoms. The van der Waals surface area contributed by atoms with Gasteiger partial charge in [0.1, 0.15) is 0 Å². The normalized spacial score (nSPS) is 43.2. The highest BCUT2D eigenvalue weighted by Gasteiger charge is 2.59. The summed E-state index contributed by atoms with van der Waals surface area (Å²) in [7, 11) is 1.64. The fourth-order valence-corrected chi connectivity index (χ4v) is 9.10. The topological polar surface area (TPSA) is 112 Å². The minimum Gasteiger partial charge on any atom is -0.393 e. The predicted octanol–water partition coefficient (Wildman–Crippen LogP) is 3.90. The van der Waals surface area contributed by atoms with Gasteiger partial charge in [-0.25, -0.2) is 4.79 Å². The second-order valence-corrected chi connectivity index (χ2v) is 12.9. The van der Waals surface area contributed by atoms with Crippen LogP contribution < -0.4 is 16.0 Å². The van der Waals surface area contributed by atoms with Crippen LogP contribution in [0.25, 0.3) is 0 Å². The highest BCUT2D eigenvalue weighted by atomic mass is 16.7. The Kier molecular flexibility index (Phi) is 7.44. The molecule has 1 aliphatic heterocycles. The third kappa shape index (κ3) is 4.84. The number of carbonyl (C=O) groups excluding carboxylic acids is 2. The zero-order valence-electron chi connectivity index (χ0n) is 23.0. The molecule has 5 aliphatic rings. The zero-order valence-corrected chi connectivity index (χ0v) is 23.0. The van der Waals surface area contributed by atoms with Gasteiger partial charge in [-0.1, -0.05) is 30.7 Å². The molecule has 4 aliphatic carbocycles. The molecule has 4 fully saturated rings. The lowest BCUT2D eigenvalue weighted by molar-refractivity contribution is -0.122. The highest BCUT2D eigenvalue weighted by molar-refractivity contribution is 5.85. The number of amides is 2. The molecule has 37 heavy (non-hydrogen) atoms. The number of oxime groups is 1. The van der Waals surface area contributed by atoms with Gasteiger partial charge in [-0.05, 0) is 99.7 Å². The van der Waals surface area contributed by atoms with Crippen LogP contribution in [0.15, 0.2) is 16.8 Å². The van der Waals surface area contributed by atoms with E-state index in [-0.39, 0.29) is 34.9 Å². The van der Waals surface area contributed by atoms with Crippen molar-refractivity contribution < 1.29 is 19.5 Å². The number of likely N-dealkylation sites (N-methyl/N-ethyl adjacent to an activating group) is 1. The molecule has 0 aromatic rings. The van der Waals surface area contributed by atoms with Gasteiger partial charge in [0.2, 0.25) is 5.91 Å². The van der Waals surface area contributed by atoms with Crippen LogP contribution in [0.5, 0.6) is 0 Å². The molecule has 0 aromatic heterocycles. The van der Waals surface area contributed by atoms with E-state index in [4.69, 9.17) is 4.84 Å². The molecule has 4 N–H and O–H groups in total. The van der Waals surface area contributed by atoms with Gasteiger partial charge in [-0.15, -0.1) is 0 Å². The number of fused-ring (bicyclic) bond motifs is 5. The molecule has 0 radical (unpaired) electrons. The summed E-state index contributed by atoms with van der Waals surface area (Å²) in [5.41, 5.74) is 2.88. The second kappa shape index (κ2) is 10.3. The largest absolute Gasteiger partial charge is 0.433 e. The van der Waals surface area contributed by atoms with Gasteiger partial charge in [0.05, 0.1) is 17.9 Å². The van der Waals surface area contributed by atoms with Crippen molar-refractivity contribution >= 4 is 17.7 Å². The predicted molar refractivity (Wildman–Crippen MR) is 143 cm³/mol. The summed E-state index contributed by atoms with van der Waals surface area (Å²) in [6, 6.07) is -0.137. The summed E-state index contributed by atoms with van der Waals surface area (Å²) in [5, 5.41) is 23.3. The molecule has 2 unspecified atom stereocenters. The number of carbonyl (C=O) groups is 2. The summed E-state index contributed by atoms with van der Waals surface area (Å²) in [6.07, 6.45) is 12.2. The van der Waals surface area contributed by atoms with E-state index in [2.05, 4.69) is 41.0 Å². The number of hydrogen-bond acceptors (Lipinski definition) is 6. The first-order chi connectivity index (χ1) is 17.7. The first kappa shape index (κ1) is 26.7.